The van der Waals surface area contributed by atoms with Crippen LogP contribution in [0.5, 0.6) is 0 Å². The van der Waals surface area contributed by atoms with Crippen molar-refractivity contribution in [2.45, 2.75) is 57.5 Å². The van der Waals surface area contributed by atoms with Gasteiger partial charge in [0, 0.05) is 62.0 Å². The van der Waals surface area contributed by atoms with Crippen molar-refractivity contribution in [1.82, 2.24) is 15.3 Å². The van der Waals surface area contributed by atoms with Crippen molar-refractivity contribution in [2.24, 2.45) is 5.41 Å². The fraction of sp³-hybridized carbons (Fsp3) is 0.583. The minimum absolute atomic E-state index is 0.437. The molecule has 2 aromatic heterocycles. The molecule has 0 unspecified atom stereocenters. The van der Waals surface area contributed by atoms with Gasteiger partial charge in [0.05, 0.1) is 17.3 Å². The van der Waals surface area contributed by atoms with Gasteiger partial charge in [0.2, 0.25) is 0 Å². The van der Waals surface area contributed by atoms with Gasteiger partial charge in [-0.25, -0.2) is 4.98 Å². The van der Waals surface area contributed by atoms with Crippen LogP contribution in [0.3, 0.4) is 0 Å². The Morgan fingerprint density at radius 3 is 2.61 bits per heavy atom. The molecular weight excluding hydrogens is 410 g/mol. The predicted octanol–water partition coefficient (Wildman–Crippen LogP) is 4.97. The minimum atomic E-state index is 0.437. The Kier molecular flexibility index (Phi) is 7.31. The summed E-state index contributed by atoms with van der Waals surface area (Å²) < 4.78 is 5.13. The number of halogens is 1. The Morgan fingerprint density at radius 1 is 1.10 bits per heavy atom. The number of anilines is 2. The first-order valence-electron chi connectivity index (χ1n) is 11.4. The van der Waals surface area contributed by atoms with Crippen LogP contribution in [-0.2, 0) is 4.74 Å². The molecule has 0 spiro atoms. The van der Waals surface area contributed by atoms with Crippen molar-refractivity contribution < 1.29 is 4.74 Å². The Balaban J connectivity index is 1.36. The number of methoxy groups -OCH3 is 1. The van der Waals surface area contributed by atoms with E-state index < -0.39 is 0 Å². The highest BCUT2D eigenvalue weighted by Gasteiger charge is 2.36. The topological polar surface area (TPSA) is 71.1 Å². The molecule has 31 heavy (non-hydrogen) atoms. The van der Waals surface area contributed by atoms with E-state index in [1.807, 2.05) is 18.5 Å². The van der Waals surface area contributed by atoms with Gasteiger partial charge in [-0.1, -0.05) is 18.5 Å². The molecule has 2 heterocycles. The van der Waals surface area contributed by atoms with Gasteiger partial charge in [-0.3, -0.25) is 4.98 Å². The van der Waals surface area contributed by atoms with Crippen LogP contribution in [0.1, 0.15) is 45.4 Å². The maximum Gasteiger partial charge on any atom is 0.126 e. The van der Waals surface area contributed by atoms with Crippen LogP contribution in [0.25, 0.3) is 11.1 Å². The molecule has 6 nitrogen and oxygen atoms in total. The maximum absolute atomic E-state index is 6.51. The molecule has 0 bridgehead atoms. The van der Waals surface area contributed by atoms with Crippen LogP contribution in [0.2, 0.25) is 5.02 Å². The molecule has 4 rings (SSSR count). The quantitative estimate of drug-likeness (QED) is 0.450. The van der Waals surface area contributed by atoms with Crippen molar-refractivity contribution in [3.8, 4) is 11.1 Å². The Labute approximate surface area is 190 Å². The lowest BCUT2D eigenvalue weighted by atomic mass is 9.91. The molecule has 7 heteroatoms. The third-order valence-corrected chi connectivity index (χ3v) is 6.85. The second-order valence-electron chi connectivity index (χ2n) is 9.32. The van der Waals surface area contributed by atoms with Crippen molar-refractivity contribution in [2.75, 3.05) is 37.4 Å². The number of aromatic nitrogens is 2. The van der Waals surface area contributed by atoms with Crippen LogP contribution in [0, 0.1) is 5.41 Å². The van der Waals surface area contributed by atoms with Crippen LogP contribution >= 0.6 is 11.6 Å². The Morgan fingerprint density at radius 2 is 1.87 bits per heavy atom. The molecule has 2 fully saturated rings. The van der Waals surface area contributed by atoms with E-state index in [0.717, 1.165) is 55.2 Å². The first-order valence-corrected chi connectivity index (χ1v) is 11.8. The summed E-state index contributed by atoms with van der Waals surface area (Å²) in [5.41, 5.74) is 3.45. The van der Waals surface area contributed by atoms with Gasteiger partial charge >= 0.3 is 0 Å². The van der Waals surface area contributed by atoms with Crippen molar-refractivity contribution in [3.05, 3.63) is 35.7 Å². The van der Waals surface area contributed by atoms with E-state index in [4.69, 9.17) is 16.3 Å². The minimum Gasteiger partial charge on any atom is -0.383 e. The summed E-state index contributed by atoms with van der Waals surface area (Å²) in [7, 11) is 1.74. The summed E-state index contributed by atoms with van der Waals surface area (Å²) in [5, 5.41) is 11.4. The Bertz CT molecular complexity index is 865. The first kappa shape index (κ1) is 22.3. The zero-order chi connectivity index (χ0) is 21.7. The van der Waals surface area contributed by atoms with Gasteiger partial charge in [0.1, 0.15) is 5.82 Å². The summed E-state index contributed by atoms with van der Waals surface area (Å²) in [6, 6.07) is 5.20. The molecule has 168 valence electrons. The van der Waals surface area contributed by atoms with Gasteiger partial charge in [0.25, 0.3) is 0 Å². The first-order chi connectivity index (χ1) is 15.0. The summed E-state index contributed by atoms with van der Waals surface area (Å²) in [6.45, 7) is 4.99. The molecule has 0 aromatic carbocycles. The standard InChI is InChI=1S/C24H34ClN5O/c1-24(7-8-24)16-29-20-11-17(13-26-14-20)21-12-23(28-15-22(21)25)30-19-5-3-18(4-6-19)27-9-10-31-2/h11-15,18-19,27,29H,3-10,16H2,1-2H3,(H,28,30). The molecular formula is C24H34ClN5O. The number of hydrogen-bond acceptors (Lipinski definition) is 6. The molecule has 0 radical (unpaired) electrons. The molecule has 2 aliphatic rings. The Hall–Kier alpha value is -1.89. The number of nitrogens with zero attached hydrogens (tertiary/aromatic N) is 2. The lowest BCUT2D eigenvalue weighted by Gasteiger charge is -2.30. The maximum atomic E-state index is 6.51. The fourth-order valence-electron chi connectivity index (χ4n) is 4.14. The van der Waals surface area contributed by atoms with Crippen molar-refractivity contribution in [1.29, 1.82) is 0 Å². The second-order valence-corrected chi connectivity index (χ2v) is 9.72. The lowest BCUT2D eigenvalue weighted by Crippen LogP contribution is -2.38. The van der Waals surface area contributed by atoms with Crippen molar-refractivity contribution in [3.63, 3.8) is 0 Å². The number of rotatable bonds is 10. The van der Waals surface area contributed by atoms with E-state index in [-0.39, 0.29) is 0 Å². The zero-order valence-electron chi connectivity index (χ0n) is 18.6. The molecule has 0 amide bonds. The predicted molar refractivity (Wildman–Crippen MR) is 128 cm³/mol. The fourth-order valence-corrected chi connectivity index (χ4v) is 4.36. The van der Waals surface area contributed by atoms with Gasteiger partial charge < -0.3 is 20.7 Å². The number of nitrogens with one attached hydrogen (secondary N) is 3. The van der Waals surface area contributed by atoms with Crippen LogP contribution in [0.4, 0.5) is 11.5 Å². The second kappa shape index (κ2) is 10.2. The van der Waals surface area contributed by atoms with E-state index in [1.165, 1.54) is 25.7 Å². The average molecular weight is 444 g/mol. The average Bonchev–Trinajstić information content (AvgIpc) is 3.53. The van der Waals surface area contributed by atoms with Crippen LogP contribution in [-0.4, -0.2) is 48.9 Å². The molecule has 0 atom stereocenters. The SMILES string of the molecule is COCCNC1CCC(Nc2cc(-c3cncc(NCC4(C)CC4)c3)c(Cl)cn2)CC1. The smallest absolute Gasteiger partial charge is 0.126 e. The van der Waals surface area contributed by atoms with Crippen LogP contribution < -0.4 is 16.0 Å². The highest BCUT2D eigenvalue weighted by molar-refractivity contribution is 6.33. The van der Waals surface area contributed by atoms with Crippen molar-refractivity contribution >= 4 is 23.1 Å². The summed E-state index contributed by atoms with van der Waals surface area (Å²) >= 11 is 6.51. The van der Waals surface area contributed by atoms with E-state index >= 15 is 0 Å². The number of pyridine rings is 2. The highest BCUT2D eigenvalue weighted by atomic mass is 35.5. The van der Waals surface area contributed by atoms with Gasteiger partial charge in [-0.05, 0) is 56.1 Å². The van der Waals surface area contributed by atoms with E-state index in [2.05, 4.69) is 38.9 Å². The zero-order valence-corrected chi connectivity index (χ0v) is 19.3. The monoisotopic (exact) mass is 443 g/mol. The van der Waals surface area contributed by atoms with Crippen LogP contribution in [0.15, 0.2) is 30.7 Å². The lowest BCUT2D eigenvalue weighted by molar-refractivity contribution is 0.191. The largest absolute Gasteiger partial charge is 0.383 e. The summed E-state index contributed by atoms with van der Waals surface area (Å²) in [6.07, 6.45) is 12.7. The highest BCUT2D eigenvalue weighted by Crippen LogP contribution is 2.44. The molecule has 0 aliphatic heterocycles. The van der Waals surface area contributed by atoms with Gasteiger partial charge in [0.15, 0.2) is 0 Å². The summed E-state index contributed by atoms with van der Waals surface area (Å²) in [5.74, 6) is 0.874. The van der Waals surface area contributed by atoms with E-state index in [0.29, 0.717) is 22.5 Å². The van der Waals surface area contributed by atoms with E-state index in [9.17, 15) is 0 Å². The molecule has 3 N–H and O–H groups in total. The number of ether oxygens (including phenoxy) is 1. The molecule has 2 aliphatic carbocycles. The van der Waals surface area contributed by atoms with Gasteiger partial charge in [-0.15, -0.1) is 0 Å². The number of hydrogen-bond donors (Lipinski definition) is 3. The third-order valence-electron chi connectivity index (χ3n) is 6.55. The van der Waals surface area contributed by atoms with Gasteiger partial charge in [-0.2, -0.15) is 0 Å². The molecule has 2 aromatic rings. The molecule has 0 saturated heterocycles. The third kappa shape index (κ3) is 6.31. The van der Waals surface area contributed by atoms with E-state index in [1.54, 1.807) is 13.3 Å². The molecule has 2 saturated carbocycles. The normalized spacial score (nSPS) is 22.2. The summed E-state index contributed by atoms with van der Waals surface area (Å²) in [4.78, 5) is 8.96.